The van der Waals surface area contributed by atoms with Gasteiger partial charge in [-0.1, -0.05) is 0 Å². The number of carbonyl (C=O) groups is 1. The average Bonchev–Trinajstić information content (AvgIpc) is 2.03. The summed E-state index contributed by atoms with van der Waals surface area (Å²) in [6.07, 6.45) is 0.526. The quantitative estimate of drug-likeness (QED) is 0.440. The number of hydrogen-bond acceptors (Lipinski definition) is 3. The summed E-state index contributed by atoms with van der Waals surface area (Å²) >= 11 is 5.48. The number of halogens is 1. The van der Waals surface area contributed by atoms with Crippen LogP contribution in [-0.4, -0.2) is 18.0 Å². The molecule has 0 aromatic heterocycles. The van der Waals surface area contributed by atoms with Gasteiger partial charge in [0.1, 0.15) is 6.10 Å². The van der Waals surface area contributed by atoms with Gasteiger partial charge in [-0.2, -0.15) is 5.26 Å². The first kappa shape index (κ1) is 8.35. The third kappa shape index (κ3) is 2.09. The van der Waals surface area contributed by atoms with Gasteiger partial charge < -0.3 is 4.74 Å². The van der Waals surface area contributed by atoms with E-state index in [-0.39, 0.29) is 30.3 Å². The topological polar surface area (TPSA) is 50.1 Å². The normalized spacial score (nSPS) is 30.7. The van der Waals surface area contributed by atoms with E-state index in [0.717, 1.165) is 0 Å². The molecule has 1 aliphatic heterocycles. The molecule has 0 amide bonds. The summed E-state index contributed by atoms with van der Waals surface area (Å²) < 4.78 is 4.85. The zero-order valence-electron chi connectivity index (χ0n) is 5.92. The number of nitrogens with zero attached hydrogens (tertiary/aromatic N) is 1. The van der Waals surface area contributed by atoms with Crippen LogP contribution in [0.1, 0.15) is 12.8 Å². The predicted octanol–water partition coefficient (Wildman–Crippen LogP) is 1.07. The highest BCUT2D eigenvalue weighted by molar-refractivity contribution is 6.18. The van der Waals surface area contributed by atoms with E-state index < -0.39 is 0 Å². The van der Waals surface area contributed by atoms with Gasteiger partial charge in [0.25, 0.3) is 0 Å². The van der Waals surface area contributed by atoms with E-state index in [0.29, 0.717) is 6.42 Å². The maximum absolute atomic E-state index is 10.8. The molecule has 0 saturated carbocycles. The molecule has 1 saturated heterocycles. The number of hydrogen-bond donors (Lipinski definition) is 0. The van der Waals surface area contributed by atoms with Gasteiger partial charge in [0, 0.05) is 6.42 Å². The molecule has 0 bridgehead atoms. The Balaban J connectivity index is 2.52. The van der Waals surface area contributed by atoms with Crippen LogP contribution in [0.3, 0.4) is 0 Å². The molecule has 2 atom stereocenters. The van der Waals surface area contributed by atoms with E-state index in [1.807, 2.05) is 6.07 Å². The molecule has 2 unspecified atom stereocenters. The summed E-state index contributed by atoms with van der Waals surface area (Å²) in [4.78, 5) is 10.8. The molecule has 1 fully saturated rings. The highest BCUT2D eigenvalue weighted by Crippen LogP contribution is 2.20. The van der Waals surface area contributed by atoms with Crippen molar-refractivity contribution in [2.75, 3.05) is 5.88 Å². The second-order valence-corrected chi connectivity index (χ2v) is 2.84. The highest BCUT2D eigenvalue weighted by Gasteiger charge is 2.27. The molecule has 60 valence electrons. The average molecular weight is 174 g/mol. The Bertz CT molecular complexity index is 199. The second kappa shape index (κ2) is 3.59. The number of alkyl halides is 1. The predicted molar refractivity (Wildman–Crippen MR) is 38.9 cm³/mol. The monoisotopic (exact) mass is 173 g/mol. The number of ether oxygens (including phenoxy) is 1. The minimum Gasteiger partial charge on any atom is -0.461 e. The standard InChI is InChI=1S/C7H8ClNO2/c8-3-6-1-5(4-9)2-7(10)11-6/h5-6H,1-3H2. The molecule has 1 rings (SSSR count). The van der Waals surface area contributed by atoms with Gasteiger partial charge in [-0.3, -0.25) is 4.79 Å². The van der Waals surface area contributed by atoms with Gasteiger partial charge in [0.05, 0.1) is 24.3 Å². The van der Waals surface area contributed by atoms with Crippen LogP contribution >= 0.6 is 11.6 Å². The Kier molecular flexibility index (Phi) is 2.72. The van der Waals surface area contributed by atoms with Crippen molar-refractivity contribution in [2.24, 2.45) is 5.92 Å². The molecule has 0 N–H and O–H groups in total. The van der Waals surface area contributed by atoms with E-state index in [9.17, 15) is 4.79 Å². The molecular weight excluding hydrogens is 166 g/mol. The SMILES string of the molecule is N#CC1CC(=O)OC(CCl)C1. The lowest BCUT2D eigenvalue weighted by molar-refractivity contribution is -0.153. The molecule has 0 spiro atoms. The third-order valence-electron chi connectivity index (χ3n) is 1.61. The van der Waals surface area contributed by atoms with Crippen LogP contribution in [0.25, 0.3) is 0 Å². The summed E-state index contributed by atoms with van der Waals surface area (Å²) in [5.41, 5.74) is 0. The fraction of sp³-hybridized carbons (Fsp3) is 0.714. The Labute approximate surface area is 69.9 Å². The van der Waals surface area contributed by atoms with Crippen LogP contribution < -0.4 is 0 Å². The van der Waals surface area contributed by atoms with Gasteiger partial charge in [-0.25, -0.2) is 0 Å². The summed E-state index contributed by atoms with van der Waals surface area (Å²) in [6.45, 7) is 0. The number of rotatable bonds is 1. The number of nitriles is 1. The maximum Gasteiger partial charge on any atom is 0.307 e. The van der Waals surface area contributed by atoms with Gasteiger partial charge in [-0.05, 0) is 0 Å². The Morgan fingerprint density at radius 1 is 1.82 bits per heavy atom. The van der Waals surface area contributed by atoms with E-state index in [4.69, 9.17) is 21.6 Å². The van der Waals surface area contributed by atoms with E-state index in [1.165, 1.54) is 0 Å². The lowest BCUT2D eigenvalue weighted by atomic mass is 9.98. The first-order valence-corrected chi connectivity index (χ1v) is 3.94. The zero-order valence-corrected chi connectivity index (χ0v) is 6.67. The van der Waals surface area contributed by atoms with Gasteiger partial charge >= 0.3 is 5.97 Å². The summed E-state index contributed by atoms with van der Waals surface area (Å²) in [5.74, 6) is -0.238. The molecule has 0 aromatic carbocycles. The van der Waals surface area contributed by atoms with Crippen molar-refractivity contribution in [1.82, 2.24) is 0 Å². The summed E-state index contributed by atoms with van der Waals surface area (Å²) in [6, 6.07) is 2.04. The van der Waals surface area contributed by atoms with E-state index >= 15 is 0 Å². The van der Waals surface area contributed by atoms with Gasteiger partial charge in [0.15, 0.2) is 0 Å². The van der Waals surface area contributed by atoms with Crippen LogP contribution in [0.2, 0.25) is 0 Å². The van der Waals surface area contributed by atoms with Crippen LogP contribution in [0.15, 0.2) is 0 Å². The second-order valence-electron chi connectivity index (χ2n) is 2.53. The van der Waals surface area contributed by atoms with Crippen LogP contribution in [-0.2, 0) is 9.53 Å². The molecule has 1 heterocycles. The van der Waals surface area contributed by atoms with E-state index in [2.05, 4.69) is 0 Å². The van der Waals surface area contributed by atoms with Crippen molar-refractivity contribution in [3.8, 4) is 6.07 Å². The van der Waals surface area contributed by atoms with Crippen LogP contribution in [0, 0.1) is 17.2 Å². The molecular formula is C7H8ClNO2. The molecule has 0 aliphatic carbocycles. The third-order valence-corrected chi connectivity index (χ3v) is 1.96. The Morgan fingerprint density at radius 2 is 2.55 bits per heavy atom. The van der Waals surface area contributed by atoms with Crippen LogP contribution in [0.5, 0.6) is 0 Å². The van der Waals surface area contributed by atoms with Crippen molar-refractivity contribution in [3.63, 3.8) is 0 Å². The fourth-order valence-corrected chi connectivity index (χ4v) is 1.27. The summed E-state index contributed by atoms with van der Waals surface area (Å²) in [7, 11) is 0. The smallest absolute Gasteiger partial charge is 0.307 e. The number of esters is 1. The molecule has 11 heavy (non-hydrogen) atoms. The number of carbonyl (C=O) groups excluding carboxylic acids is 1. The minimum atomic E-state index is -0.312. The Hall–Kier alpha value is -0.750. The lowest BCUT2D eigenvalue weighted by Gasteiger charge is -2.23. The maximum atomic E-state index is 10.8. The van der Waals surface area contributed by atoms with Crippen molar-refractivity contribution < 1.29 is 9.53 Å². The summed E-state index contributed by atoms with van der Waals surface area (Å²) in [5, 5.41) is 8.52. The zero-order chi connectivity index (χ0) is 8.27. The van der Waals surface area contributed by atoms with Gasteiger partial charge in [0.2, 0.25) is 0 Å². The fourth-order valence-electron chi connectivity index (χ4n) is 1.08. The number of cyclic esters (lactones) is 1. The molecule has 0 radical (unpaired) electrons. The highest BCUT2D eigenvalue weighted by atomic mass is 35.5. The largest absolute Gasteiger partial charge is 0.461 e. The van der Waals surface area contributed by atoms with Crippen molar-refractivity contribution >= 4 is 17.6 Å². The minimum absolute atomic E-state index is 0.208. The first-order chi connectivity index (χ1) is 5.26. The Morgan fingerprint density at radius 3 is 3.09 bits per heavy atom. The first-order valence-electron chi connectivity index (χ1n) is 3.41. The molecule has 1 aliphatic rings. The van der Waals surface area contributed by atoms with Crippen molar-refractivity contribution in [3.05, 3.63) is 0 Å². The molecule has 0 aromatic rings. The molecule has 3 nitrogen and oxygen atoms in total. The van der Waals surface area contributed by atoms with Crippen LogP contribution in [0.4, 0.5) is 0 Å². The lowest BCUT2D eigenvalue weighted by Crippen LogP contribution is -2.29. The van der Waals surface area contributed by atoms with Crippen molar-refractivity contribution in [2.45, 2.75) is 18.9 Å². The van der Waals surface area contributed by atoms with Crippen molar-refractivity contribution in [1.29, 1.82) is 5.26 Å². The van der Waals surface area contributed by atoms with Gasteiger partial charge in [-0.15, -0.1) is 11.6 Å². The molecule has 4 heteroatoms. The van der Waals surface area contributed by atoms with E-state index in [1.54, 1.807) is 0 Å².